The van der Waals surface area contributed by atoms with E-state index in [0.29, 0.717) is 27.1 Å². The van der Waals surface area contributed by atoms with Gasteiger partial charge in [0.2, 0.25) is 0 Å². The van der Waals surface area contributed by atoms with Crippen molar-refractivity contribution in [3.63, 3.8) is 0 Å². The smallest absolute Gasteiger partial charge is 0.151 e. The van der Waals surface area contributed by atoms with Crippen LogP contribution >= 0.6 is 15.9 Å². The van der Waals surface area contributed by atoms with Crippen LogP contribution in [0.3, 0.4) is 0 Å². The molecule has 0 fully saturated rings. The maximum Gasteiger partial charge on any atom is 0.151 e. The molecule has 0 heterocycles. The number of carbonyl (C=O) groups is 1. The molecule has 0 aliphatic heterocycles. The van der Waals surface area contributed by atoms with Gasteiger partial charge in [-0.2, -0.15) is 5.26 Å². The SMILES string of the molecule is N#Cc1cccc(Oc2ccc(C=O)c(Br)c2)c1. The Morgan fingerprint density at radius 2 is 1.94 bits per heavy atom. The molecule has 3 nitrogen and oxygen atoms in total. The second-order valence-corrected chi connectivity index (χ2v) is 4.40. The lowest BCUT2D eigenvalue weighted by molar-refractivity contribution is 0.112. The molecule has 18 heavy (non-hydrogen) atoms. The van der Waals surface area contributed by atoms with Crippen LogP contribution in [0.1, 0.15) is 15.9 Å². The van der Waals surface area contributed by atoms with Crippen LogP contribution in [0.15, 0.2) is 46.9 Å². The highest BCUT2D eigenvalue weighted by molar-refractivity contribution is 9.10. The lowest BCUT2D eigenvalue weighted by Gasteiger charge is -2.07. The second-order valence-electron chi connectivity index (χ2n) is 3.54. The van der Waals surface area contributed by atoms with Gasteiger partial charge in [-0.3, -0.25) is 4.79 Å². The molecule has 0 saturated heterocycles. The van der Waals surface area contributed by atoms with E-state index in [1.165, 1.54) is 0 Å². The third kappa shape index (κ3) is 2.76. The van der Waals surface area contributed by atoms with E-state index in [0.717, 1.165) is 6.29 Å². The van der Waals surface area contributed by atoms with Crippen molar-refractivity contribution in [3.8, 4) is 17.6 Å². The van der Waals surface area contributed by atoms with Gasteiger partial charge < -0.3 is 4.74 Å². The van der Waals surface area contributed by atoms with Crippen LogP contribution in [0, 0.1) is 11.3 Å². The monoisotopic (exact) mass is 301 g/mol. The third-order valence-corrected chi connectivity index (χ3v) is 2.98. The molecule has 0 aliphatic rings. The van der Waals surface area contributed by atoms with Crippen LogP contribution in [0.4, 0.5) is 0 Å². The summed E-state index contributed by atoms with van der Waals surface area (Å²) < 4.78 is 6.28. The zero-order valence-corrected chi connectivity index (χ0v) is 10.8. The van der Waals surface area contributed by atoms with Crippen molar-refractivity contribution >= 4 is 22.2 Å². The van der Waals surface area contributed by atoms with Crippen LogP contribution in [0.2, 0.25) is 0 Å². The quantitative estimate of drug-likeness (QED) is 0.807. The molecule has 2 aromatic carbocycles. The summed E-state index contributed by atoms with van der Waals surface area (Å²) in [5, 5.41) is 8.79. The number of nitrogens with zero attached hydrogens (tertiary/aromatic N) is 1. The van der Waals surface area contributed by atoms with Crippen molar-refractivity contribution < 1.29 is 9.53 Å². The van der Waals surface area contributed by atoms with E-state index < -0.39 is 0 Å². The number of hydrogen-bond acceptors (Lipinski definition) is 3. The van der Waals surface area contributed by atoms with Crippen molar-refractivity contribution in [1.82, 2.24) is 0 Å². The number of ether oxygens (including phenoxy) is 1. The Morgan fingerprint density at radius 3 is 2.61 bits per heavy atom. The molecule has 2 aromatic rings. The van der Waals surface area contributed by atoms with Gasteiger partial charge in [-0.25, -0.2) is 0 Å². The Hall–Kier alpha value is -2.12. The Balaban J connectivity index is 2.26. The van der Waals surface area contributed by atoms with Crippen LogP contribution in [-0.4, -0.2) is 6.29 Å². The maximum absolute atomic E-state index is 10.7. The van der Waals surface area contributed by atoms with E-state index in [1.807, 2.05) is 6.07 Å². The molecule has 0 spiro atoms. The molecular weight excluding hydrogens is 294 g/mol. The van der Waals surface area contributed by atoms with Gasteiger partial charge in [0.05, 0.1) is 11.6 Å². The van der Waals surface area contributed by atoms with E-state index >= 15 is 0 Å². The van der Waals surface area contributed by atoms with Gasteiger partial charge in [0, 0.05) is 10.0 Å². The van der Waals surface area contributed by atoms with Crippen molar-refractivity contribution in [1.29, 1.82) is 5.26 Å². The molecule has 0 aromatic heterocycles. The maximum atomic E-state index is 10.7. The standard InChI is InChI=1S/C14H8BrNO2/c15-14-7-13(5-4-11(14)9-17)18-12-3-1-2-10(6-12)8-16/h1-7,9H. The molecule has 0 N–H and O–H groups in total. The van der Waals surface area contributed by atoms with Crippen molar-refractivity contribution in [2.75, 3.05) is 0 Å². The van der Waals surface area contributed by atoms with Crippen molar-refractivity contribution in [2.45, 2.75) is 0 Å². The number of hydrogen-bond donors (Lipinski definition) is 0. The fraction of sp³-hybridized carbons (Fsp3) is 0. The summed E-state index contributed by atoms with van der Waals surface area (Å²) in [4.78, 5) is 10.7. The first-order valence-corrected chi connectivity index (χ1v) is 5.95. The van der Waals surface area contributed by atoms with Gasteiger partial charge >= 0.3 is 0 Å². The number of aldehydes is 1. The normalized spacial score (nSPS) is 9.56. The number of rotatable bonds is 3. The van der Waals surface area contributed by atoms with Crippen LogP contribution < -0.4 is 4.74 Å². The Bertz CT molecular complexity index is 632. The minimum absolute atomic E-state index is 0.538. The number of halogens is 1. The molecule has 0 bridgehead atoms. The Morgan fingerprint density at radius 1 is 1.17 bits per heavy atom. The molecule has 0 aliphatic carbocycles. The molecule has 0 amide bonds. The summed E-state index contributed by atoms with van der Waals surface area (Å²) in [7, 11) is 0. The third-order valence-electron chi connectivity index (χ3n) is 2.30. The highest BCUT2D eigenvalue weighted by Gasteiger charge is 2.03. The van der Waals surface area contributed by atoms with Gasteiger partial charge in [-0.05, 0) is 52.3 Å². The summed E-state index contributed by atoms with van der Waals surface area (Å²) in [6.07, 6.45) is 0.768. The molecule has 0 unspecified atom stereocenters. The summed E-state index contributed by atoms with van der Waals surface area (Å²) in [5.41, 5.74) is 1.10. The number of nitriles is 1. The zero-order valence-electron chi connectivity index (χ0n) is 9.26. The molecule has 4 heteroatoms. The van der Waals surface area contributed by atoms with Crippen molar-refractivity contribution in [2.24, 2.45) is 0 Å². The molecule has 2 rings (SSSR count). The fourth-order valence-corrected chi connectivity index (χ4v) is 1.88. The van der Waals surface area contributed by atoms with Crippen LogP contribution in [0.25, 0.3) is 0 Å². The van der Waals surface area contributed by atoms with E-state index in [-0.39, 0.29) is 0 Å². The van der Waals surface area contributed by atoms with Gasteiger partial charge in [0.15, 0.2) is 6.29 Å². The predicted molar refractivity (Wildman–Crippen MR) is 70.8 cm³/mol. The van der Waals surface area contributed by atoms with E-state index in [1.54, 1.807) is 42.5 Å². The number of benzene rings is 2. The summed E-state index contributed by atoms with van der Waals surface area (Å²) in [6, 6.07) is 14.0. The van der Waals surface area contributed by atoms with Crippen LogP contribution in [0.5, 0.6) is 11.5 Å². The number of carbonyl (C=O) groups excluding carboxylic acids is 1. The highest BCUT2D eigenvalue weighted by Crippen LogP contribution is 2.26. The molecule has 0 atom stereocenters. The first kappa shape index (κ1) is 12.3. The van der Waals surface area contributed by atoms with Crippen LogP contribution in [-0.2, 0) is 0 Å². The highest BCUT2D eigenvalue weighted by atomic mass is 79.9. The molecular formula is C14H8BrNO2. The predicted octanol–water partition coefficient (Wildman–Crippen LogP) is 3.93. The van der Waals surface area contributed by atoms with E-state index in [2.05, 4.69) is 15.9 Å². The minimum Gasteiger partial charge on any atom is -0.457 e. The largest absolute Gasteiger partial charge is 0.457 e. The second kappa shape index (κ2) is 5.48. The Kier molecular flexibility index (Phi) is 3.75. The summed E-state index contributed by atoms with van der Waals surface area (Å²) in [5.74, 6) is 1.18. The Labute approximate surface area is 113 Å². The van der Waals surface area contributed by atoms with Gasteiger partial charge in [-0.15, -0.1) is 0 Å². The lowest BCUT2D eigenvalue weighted by Crippen LogP contribution is -1.87. The van der Waals surface area contributed by atoms with Crippen molar-refractivity contribution in [3.05, 3.63) is 58.1 Å². The average molecular weight is 302 g/mol. The fourth-order valence-electron chi connectivity index (χ4n) is 1.43. The topological polar surface area (TPSA) is 50.1 Å². The van der Waals surface area contributed by atoms with Gasteiger partial charge in [-0.1, -0.05) is 6.07 Å². The van der Waals surface area contributed by atoms with E-state index in [9.17, 15) is 4.79 Å². The molecule has 0 radical (unpaired) electrons. The van der Waals surface area contributed by atoms with Gasteiger partial charge in [0.25, 0.3) is 0 Å². The molecule has 88 valence electrons. The van der Waals surface area contributed by atoms with Gasteiger partial charge in [0.1, 0.15) is 11.5 Å². The lowest BCUT2D eigenvalue weighted by atomic mass is 10.2. The minimum atomic E-state index is 0.538. The average Bonchev–Trinajstić information content (AvgIpc) is 2.39. The first-order valence-electron chi connectivity index (χ1n) is 5.15. The first-order chi connectivity index (χ1) is 8.72. The molecule has 0 saturated carbocycles. The zero-order chi connectivity index (χ0) is 13.0. The van der Waals surface area contributed by atoms with E-state index in [4.69, 9.17) is 10.00 Å². The summed E-state index contributed by atoms with van der Waals surface area (Å²) >= 11 is 3.29. The summed E-state index contributed by atoms with van der Waals surface area (Å²) in [6.45, 7) is 0.